The zero-order chi connectivity index (χ0) is 17.6. The van der Waals surface area contributed by atoms with Crippen molar-refractivity contribution in [2.45, 2.75) is 45.9 Å². The first kappa shape index (κ1) is 19.5. The molecule has 0 heterocycles. The largest absolute Gasteiger partial charge is 0.416 e. The van der Waals surface area contributed by atoms with Crippen LogP contribution in [0.25, 0.3) is 0 Å². The molecule has 0 radical (unpaired) electrons. The van der Waals surface area contributed by atoms with Crippen LogP contribution in [0.5, 0.6) is 0 Å². The van der Waals surface area contributed by atoms with Crippen LogP contribution in [-0.4, -0.2) is 23.7 Å². The summed E-state index contributed by atoms with van der Waals surface area (Å²) in [6, 6.07) is 5.02. The Labute approximate surface area is 134 Å². The number of hydrogen-bond acceptors (Lipinski definition) is 2. The molecule has 0 spiro atoms. The third-order valence-corrected chi connectivity index (χ3v) is 3.75. The van der Waals surface area contributed by atoms with Crippen molar-refractivity contribution in [3.63, 3.8) is 0 Å². The van der Waals surface area contributed by atoms with Crippen LogP contribution in [0.3, 0.4) is 0 Å². The van der Waals surface area contributed by atoms with E-state index in [0.29, 0.717) is 18.5 Å². The zero-order valence-corrected chi connectivity index (χ0v) is 13.7. The molecule has 2 unspecified atom stereocenters. The second kappa shape index (κ2) is 8.34. The highest BCUT2D eigenvalue weighted by molar-refractivity contribution is 5.78. The van der Waals surface area contributed by atoms with Crippen molar-refractivity contribution in [2.75, 3.05) is 6.54 Å². The molecule has 2 atom stereocenters. The molecule has 0 fully saturated rings. The van der Waals surface area contributed by atoms with Crippen molar-refractivity contribution >= 4 is 5.91 Å². The molecule has 0 saturated carbocycles. The molecule has 6 heteroatoms. The third kappa shape index (κ3) is 6.60. The molecule has 1 amide bonds. The van der Waals surface area contributed by atoms with E-state index >= 15 is 0 Å². The Morgan fingerprint density at radius 2 is 1.91 bits per heavy atom. The number of hydrogen-bond donors (Lipinski definition) is 2. The topological polar surface area (TPSA) is 49.3 Å². The smallest absolute Gasteiger partial charge is 0.393 e. The third-order valence-electron chi connectivity index (χ3n) is 3.75. The number of aliphatic hydroxyl groups excluding tert-OH is 1. The Morgan fingerprint density at radius 1 is 1.26 bits per heavy atom. The average molecular weight is 331 g/mol. The van der Waals surface area contributed by atoms with Gasteiger partial charge in [0.05, 0.1) is 11.7 Å². The minimum absolute atomic E-state index is 0.120. The van der Waals surface area contributed by atoms with Crippen molar-refractivity contribution < 1.29 is 23.1 Å². The molecule has 0 saturated heterocycles. The molecule has 3 nitrogen and oxygen atoms in total. The molecule has 2 N–H and O–H groups in total. The Kier molecular flexibility index (Phi) is 7.06. The number of aliphatic hydroxyl groups is 1. The van der Waals surface area contributed by atoms with Gasteiger partial charge in [-0.2, -0.15) is 13.2 Å². The van der Waals surface area contributed by atoms with Crippen LogP contribution < -0.4 is 5.32 Å². The van der Waals surface area contributed by atoms with Gasteiger partial charge in [0.2, 0.25) is 5.91 Å². The van der Waals surface area contributed by atoms with Gasteiger partial charge in [0.1, 0.15) is 0 Å². The average Bonchev–Trinajstić information content (AvgIpc) is 2.46. The fourth-order valence-electron chi connectivity index (χ4n) is 2.17. The molecular weight excluding hydrogens is 307 g/mol. The minimum Gasteiger partial charge on any atom is -0.393 e. The highest BCUT2D eigenvalue weighted by Gasteiger charge is 2.30. The summed E-state index contributed by atoms with van der Waals surface area (Å²) in [7, 11) is 0. The van der Waals surface area contributed by atoms with Crippen molar-refractivity contribution in [1.82, 2.24) is 5.32 Å². The van der Waals surface area contributed by atoms with Crippen LogP contribution in [0.4, 0.5) is 13.2 Å². The van der Waals surface area contributed by atoms with E-state index < -0.39 is 23.8 Å². The molecule has 0 aromatic heterocycles. The molecule has 0 aliphatic carbocycles. The SMILES string of the molecule is CC(Cc1cccc(C(F)(F)F)c1)C(=O)NCCC(O)C(C)C. The quantitative estimate of drug-likeness (QED) is 0.804. The van der Waals surface area contributed by atoms with E-state index in [4.69, 9.17) is 0 Å². The highest BCUT2D eigenvalue weighted by atomic mass is 19.4. The number of halogens is 3. The van der Waals surface area contributed by atoms with Gasteiger partial charge in [-0.05, 0) is 30.4 Å². The lowest BCUT2D eigenvalue weighted by molar-refractivity contribution is -0.137. The number of nitrogens with one attached hydrogen (secondary N) is 1. The van der Waals surface area contributed by atoms with Gasteiger partial charge in [0.15, 0.2) is 0 Å². The van der Waals surface area contributed by atoms with E-state index in [1.807, 2.05) is 13.8 Å². The number of rotatable bonds is 7. The number of amides is 1. The van der Waals surface area contributed by atoms with Gasteiger partial charge < -0.3 is 10.4 Å². The zero-order valence-electron chi connectivity index (χ0n) is 13.7. The van der Waals surface area contributed by atoms with E-state index in [2.05, 4.69) is 5.32 Å². The lowest BCUT2D eigenvalue weighted by Gasteiger charge is -2.16. The predicted octanol–water partition coefficient (Wildman–Crippen LogP) is 3.41. The second-order valence-corrected chi connectivity index (χ2v) is 6.19. The molecule has 0 bridgehead atoms. The van der Waals surface area contributed by atoms with E-state index in [-0.39, 0.29) is 18.2 Å². The van der Waals surface area contributed by atoms with E-state index in [1.165, 1.54) is 6.07 Å². The monoisotopic (exact) mass is 331 g/mol. The molecule has 1 rings (SSSR count). The van der Waals surface area contributed by atoms with Crippen molar-refractivity contribution in [2.24, 2.45) is 11.8 Å². The van der Waals surface area contributed by atoms with Crippen LogP contribution in [0.15, 0.2) is 24.3 Å². The van der Waals surface area contributed by atoms with Gasteiger partial charge >= 0.3 is 6.18 Å². The van der Waals surface area contributed by atoms with Gasteiger partial charge in [-0.3, -0.25) is 4.79 Å². The first-order chi connectivity index (χ1) is 10.6. The van der Waals surface area contributed by atoms with Gasteiger partial charge in [-0.25, -0.2) is 0 Å². The summed E-state index contributed by atoms with van der Waals surface area (Å²) < 4.78 is 38.0. The lowest BCUT2D eigenvalue weighted by atomic mass is 9.98. The second-order valence-electron chi connectivity index (χ2n) is 6.19. The summed E-state index contributed by atoms with van der Waals surface area (Å²) >= 11 is 0. The van der Waals surface area contributed by atoms with E-state index in [9.17, 15) is 23.1 Å². The summed E-state index contributed by atoms with van der Waals surface area (Å²) in [4.78, 5) is 12.0. The molecule has 0 aliphatic heterocycles. The van der Waals surface area contributed by atoms with E-state index in [1.54, 1.807) is 13.0 Å². The fraction of sp³-hybridized carbons (Fsp3) is 0.588. The maximum absolute atomic E-state index is 12.7. The van der Waals surface area contributed by atoms with Gasteiger partial charge in [0, 0.05) is 12.5 Å². The Hall–Kier alpha value is -1.56. The van der Waals surface area contributed by atoms with Crippen molar-refractivity contribution in [3.8, 4) is 0 Å². The maximum atomic E-state index is 12.7. The van der Waals surface area contributed by atoms with Crippen LogP contribution in [-0.2, 0) is 17.4 Å². The lowest BCUT2D eigenvalue weighted by Crippen LogP contribution is -2.33. The molecule has 1 aromatic rings. The Morgan fingerprint density at radius 3 is 2.48 bits per heavy atom. The number of benzene rings is 1. The summed E-state index contributed by atoms with van der Waals surface area (Å²) in [5.41, 5.74) is -0.229. The molecular formula is C17H24F3NO2. The fourth-order valence-corrected chi connectivity index (χ4v) is 2.17. The summed E-state index contributed by atoms with van der Waals surface area (Å²) in [6.07, 6.45) is -4.16. The number of alkyl halides is 3. The highest BCUT2D eigenvalue weighted by Crippen LogP contribution is 2.29. The first-order valence-electron chi connectivity index (χ1n) is 7.73. The first-order valence-corrected chi connectivity index (χ1v) is 7.73. The van der Waals surface area contributed by atoms with Gasteiger partial charge in [-0.1, -0.05) is 39.0 Å². The normalized spacial score (nSPS) is 14.6. The van der Waals surface area contributed by atoms with E-state index in [0.717, 1.165) is 12.1 Å². The Balaban J connectivity index is 2.52. The Bertz CT molecular complexity index is 515. The number of carbonyl (C=O) groups excluding carboxylic acids is 1. The van der Waals surface area contributed by atoms with Gasteiger partial charge in [-0.15, -0.1) is 0 Å². The maximum Gasteiger partial charge on any atom is 0.416 e. The summed E-state index contributed by atoms with van der Waals surface area (Å²) in [5.74, 6) is -0.539. The predicted molar refractivity (Wildman–Crippen MR) is 82.8 cm³/mol. The van der Waals surface area contributed by atoms with Crippen molar-refractivity contribution in [1.29, 1.82) is 0 Å². The molecule has 23 heavy (non-hydrogen) atoms. The number of carbonyl (C=O) groups is 1. The molecule has 1 aromatic carbocycles. The van der Waals surface area contributed by atoms with Crippen LogP contribution in [0.2, 0.25) is 0 Å². The standard InChI is InChI=1S/C17H24F3NO2/c1-11(2)15(22)7-8-21-16(23)12(3)9-13-5-4-6-14(10-13)17(18,19)20/h4-6,10-12,15,22H,7-9H2,1-3H3,(H,21,23). The van der Waals surface area contributed by atoms with Crippen molar-refractivity contribution in [3.05, 3.63) is 35.4 Å². The van der Waals surface area contributed by atoms with Gasteiger partial charge in [0.25, 0.3) is 0 Å². The van der Waals surface area contributed by atoms with Crippen LogP contribution in [0, 0.1) is 11.8 Å². The summed E-state index contributed by atoms with van der Waals surface area (Å²) in [5, 5.41) is 12.4. The molecule has 130 valence electrons. The molecule has 0 aliphatic rings. The minimum atomic E-state index is -4.38. The van der Waals surface area contributed by atoms with Crippen LogP contribution in [0.1, 0.15) is 38.3 Å². The summed E-state index contributed by atoms with van der Waals surface area (Å²) in [6.45, 7) is 5.81. The van der Waals surface area contributed by atoms with Crippen LogP contribution >= 0.6 is 0 Å².